The van der Waals surface area contributed by atoms with Gasteiger partial charge in [0.2, 0.25) is 0 Å². The predicted molar refractivity (Wildman–Crippen MR) is 50.3 cm³/mol. The Kier molecular flexibility index (Phi) is 3.14. The molecule has 1 aliphatic heterocycles. The molecule has 0 unspecified atom stereocenters. The molecule has 0 amide bonds. The van der Waals surface area contributed by atoms with Gasteiger partial charge in [-0.2, -0.15) is 0 Å². The SMILES string of the molecule is CCCC1=NCC(CC)=C(O)N1. The third-order valence-electron chi connectivity index (χ3n) is 1.97. The van der Waals surface area contributed by atoms with Crippen LogP contribution in [0.15, 0.2) is 16.4 Å². The summed E-state index contributed by atoms with van der Waals surface area (Å²) in [5, 5.41) is 12.4. The van der Waals surface area contributed by atoms with E-state index < -0.39 is 0 Å². The maximum absolute atomic E-state index is 9.45. The summed E-state index contributed by atoms with van der Waals surface area (Å²) in [6.07, 6.45) is 2.84. The highest BCUT2D eigenvalue weighted by atomic mass is 16.3. The van der Waals surface area contributed by atoms with Crippen LogP contribution in [-0.4, -0.2) is 17.5 Å². The van der Waals surface area contributed by atoms with Crippen molar-refractivity contribution in [2.75, 3.05) is 6.54 Å². The Morgan fingerprint density at radius 2 is 2.25 bits per heavy atom. The summed E-state index contributed by atoms with van der Waals surface area (Å²) in [7, 11) is 0. The van der Waals surface area contributed by atoms with Crippen molar-refractivity contribution >= 4 is 5.84 Å². The van der Waals surface area contributed by atoms with E-state index in [1.807, 2.05) is 6.92 Å². The number of nitrogens with one attached hydrogen (secondary N) is 1. The van der Waals surface area contributed by atoms with Crippen molar-refractivity contribution in [2.24, 2.45) is 4.99 Å². The molecule has 3 heteroatoms. The molecule has 0 aliphatic carbocycles. The summed E-state index contributed by atoms with van der Waals surface area (Å²) in [6.45, 7) is 4.78. The van der Waals surface area contributed by atoms with Crippen LogP contribution < -0.4 is 5.32 Å². The van der Waals surface area contributed by atoms with Crippen molar-refractivity contribution in [1.82, 2.24) is 5.32 Å². The smallest absolute Gasteiger partial charge is 0.190 e. The van der Waals surface area contributed by atoms with Crippen LogP contribution in [0.3, 0.4) is 0 Å². The Bertz CT molecular complexity index is 219. The molecule has 1 rings (SSSR count). The van der Waals surface area contributed by atoms with Crippen molar-refractivity contribution in [3.8, 4) is 0 Å². The Hall–Kier alpha value is -0.990. The van der Waals surface area contributed by atoms with E-state index in [2.05, 4.69) is 17.2 Å². The zero-order valence-electron chi connectivity index (χ0n) is 7.72. The third-order valence-corrected chi connectivity index (χ3v) is 1.97. The highest BCUT2D eigenvalue weighted by Crippen LogP contribution is 2.10. The average Bonchev–Trinajstić information content (AvgIpc) is 2.05. The molecule has 0 aromatic rings. The Morgan fingerprint density at radius 3 is 2.75 bits per heavy atom. The number of aliphatic imine (C=N–C) groups is 1. The normalized spacial score (nSPS) is 17.3. The molecule has 0 fully saturated rings. The molecule has 12 heavy (non-hydrogen) atoms. The Balaban J connectivity index is 2.54. The molecule has 68 valence electrons. The highest BCUT2D eigenvalue weighted by Gasteiger charge is 2.10. The van der Waals surface area contributed by atoms with Gasteiger partial charge in [0, 0.05) is 12.0 Å². The molecule has 3 nitrogen and oxygen atoms in total. The second kappa shape index (κ2) is 4.14. The molecule has 0 aromatic heterocycles. The first kappa shape index (κ1) is 9.10. The molecule has 0 aromatic carbocycles. The average molecular weight is 168 g/mol. The zero-order valence-corrected chi connectivity index (χ0v) is 7.72. The van der Waals surface area contributed by atoms with Gasteiger partial charge in [0.1, 0.15) is 5.84 Å². The molecular weight excluding hydrogens is 152 g/mol. The number of hydrogen-bond donors (Lipinski definition) is 2. The largest absolute Gasteiger partial charge is 0.495 e. The van der Waals surface area contributed by atoms with Crippen LogP contribution in [0.2, 0.25) is 0 Å². The number of nitrogens with zero attached hydrogens (tertiary/aromatic N) is 1. The minimum atomic E-state index is 0.316. The first-order chi connectivity index (χ1) is 5.77. The second-order valence-electron chi connectivity index (χ2n) is 2.94. The Labute approximate surface area is 73.2 Å². The van der Waals surface area contributed by atoms with Gasteiger partial charge in [0.15, 0.2) is 5.88 Å². The molecular formula is C9H16N2O. The summed E-state index contributed by atoms with van der Waals surface area (Å²) >= 11 is 0. The van der Waals surface area contributed by atoms with E-state index >= 15 is 0 Å². The van der Waals surface area contributed by atoms with E-state index in [9.17, 15) is 5.11 Å². The summed E-state index contributed by atoms with van der Waals surface area (Å²) in [6, 6.07) is 0. The van der Waals surface area contributed by atoms with Gasteiger partial charge in [0.25, 0.3) is 0 Å². The lowest BCUT2D eigenvalue weighted by Crippen LogP contribution is -2.28. The lowest BCUT2D eigenvalue weighted by molar-refractivity contribution is 0.373. The fourth-order valence-corrected chi connectivity index (χ4v) is 1.19. The van der Waals surface area contributed by atoms with Crippen molar-refractivity contribution in [3.05, 3.63) is 11.5 Å². The molecule has 2 N–H and O–H groups in total. The second-order valence-corrected chi connectivity index (χ2v) is 2.94. The van der Waals surface area contributed by atoms with Crippen molar-refractivity contribution in [2.45, 2.75) is 33.1 Å². The van der Waals surface area contributed by atoms with Gasteiger partial charge in [-0.15, -0.1) is 0 Å². The van der Waals surface area contributed by atoms with Crippen LogP contribution in [-0.2, 0) is 0 Å². The lowest BCUT2D eigenvalue weighted by atomic mass is 10.2. The van der Waals surface area contributed by atoms with Crippen molar-refractivity contribution < 1.29 is 5.11 Å². The number of aliphatic hydroxyl groups is 1. The van der Waals surface area contributed by atoms with Crippen molar-refractivity contribution in [1.29, 1.82) is 0 Å². The van der Waals surface area contributed by atoms with Gasteiger partial charge < -0.3 is 10.4 Å². The summed E-state index contributed by atoms with van der Waals surface area (Å²) < 4.78 is 0. The van der Waals surface area contributed by atoms with Gasteiger partial charge in [-0.3, -0.25) is 4.99 Å². The minimum absolute atomic E-state index is 0.316. The summed E-state index contributed by atoms with van der Waals surface area (Å²) in [5.41, 5.74) is 0.995. The fourth-order valence-electron chi connectivity index (χ4n) is 1.19. The molecule has 0 bridgehead atoms. The highest BCUT2D eigenvalue weighted by molar-refractivity contribution is 5.84. The number of amidine groups is 1. The standard InChI is InChI=1S/C9H16N2O/c1-3-5-8-10-6-7(4-2)9(12)11-8/h12H,3-6H2,1-2H3,(H,10,11). The van der Waals surface area contributed by atoms with Crippen LogP contribution >= 0.6 is 0 Å². The first-order valence-electron chi connectivity index (χ1n) is 4.49. The monoisotopic (exact) mass is 168 g/mol. The molecule has 0 saturated carbocycles. The van der Waals surface area contributed by atoms with Gasteiger partial charge in [0.05, 0.1) is 6.54 Å². The van der Waals surface area contributed by atoms with Crippen LogP contribution in [0.1, 0.15) is 33.1 Å². The first-order valence-corrected chi connectivity index (χ1v) is 4.49. The number of rotatable bonds is 3. The van der Waals surface area contributed by atoms with Crippen LogP contribution in [0.25, 0.3) is 0 Å². The van der Waals surface area contributed by atoms with Crippen LogP contribution in [0, 0.1) is 0 Å². The maximum Gasteiger partial charge on any atom is 0.190 e. The quantitative estimate of drug-likeness (QED) is 0.676. The number of hydrogen-bond acceptors (Lipinski definition) is 3. The summed E-state index contributed by atoms with van der Waals surface area (Å²) in [5.74, 6) is 1.23. The topological polar surface area (TPSA) is 44.6 Å². The maximum atomic E-state index is 9.45. The third kappa shape index (κ3) is 2.00. The molecule has 1 aliphatic rings. The lowest BCUT2D eigenvalue weighted by Gasteiger charge is -2.16. The minimum Gasteiger partial charge on any atom is -0.495 e. The van der Waals surface area contributed by atoms with Gasteiger partial charge in [-0.1, -0.05) is 13.8 Å². The molecule has 0 saturated heterocycles. The zero-order chi connectivity index (χ0) is 8.97. The molecule has 1 heterocycles. The summed E-state index contributed by atoms with van der Waals surface area (Å²) in [4.78, 5) is 4.31. The fraction of sp³-hybridized carbons (Fsp3) is 0.667. The van der Waals surface area contributed by atoms with Crippen LogP contribution in [0.4, 0.5) is 0 Å². The predicted octanol–water partition coefficient (Wildman–Crippen LogP) is 1.97. The molecule has 0 atom stereocenters. The van der Waals surface area contributed by atoms with E-state index in [0.29, 0.717) is 12.4 Å². The van der Waals surface area contributed by atoms with E-state index in [-0.39, 0.29) is 0 Å². The van der Waals surface area contributed by atoms with E-state index in [1.54, 1.807) is 0 Å². The molecule has 0 spiro atoms. The molecule has 0 radical (unpaired) electrons. The van der Waals surface area contributed by atoms with E-state index in [1.165, 1.54) is 0 Å². The van der Waals surface area contributed by atoms with E-state index in [4.69, 9.17) is 0 Å². The number of aliphatic hydroxyl groups excluding tert-OH is 1. The van der Waals surface area contributed by atoms with Gasteiger partial charge >= 0.3 is 0 Å². The van der Waals surface area contributed by atoms with E-state index in [0.717, 1.165) is 30.7 Å². The van der Waals surface area contributed by atoms with Gasteiger partial charge in [-0.05, 0) is 12.8 Å². The van der Waals surface area contributed by atoms with Gasteiger partial charge in [-0.25, -0.2) is 0 Å². The van der Waals surface area contributed by atoms with Crippen LogP contribution in [0.5, 0.6) is 0 Å². The Morgan fingerprint density at radius 1 is 1.50 bits per heavy atom. The van der Waals surface area contributed by atoms with Crippen molar-refractivity contribution in [3.63, 3.8) is 0 Å².